The molecule has 2 aromatic rings. The summed E-state index contributed by atoms with van der Waals surface area (Å²) in [5, 5.41) is 0. The number of ketones is 1. The number of hydrogen-bond donors (Lipinski definition) is 1. The maximum absolute atomic E-state index is 11.3. The molecule has 88 valence electrons. The van der Waals surface area contributed by atoms with Crippen LogP contribution < -0.4 is 5.73 Å². The van der Waals surface area contributed by atoms with Crippen LogP contribution in [-0.4, -0.2) is 5.78 Å². The molecule has 3 heteroatoms. The van der Waals surface area contributed by atoms with E-state index in [1.165, 1.54) is 0 Å². The predicted octanol–water partition coefficient (Wildman–Crippen LogP) is 3.56. The van der Waals surface area contributed by atoms with Crippen molar-refractivity contribution in [1.82, 2.24) is 0 Å². The van der Waals surface area contributed by atoms with Crippen molar-refractivity contribution in [2.45, 2.75) is 6.92 Å². The van der Waals surface area contributed by atoms with Crippen LogP contribution in [0.1, 0.15) is 17.3 Å². The fraction of sp³-hybridized carbons (Fsp3) is 0.0714. The molecule has 0 fully saturated rings. The Kier molecular flexibility index (Phi) is 4.30. The smallest absolute Gasteiger partial charge is 0.159 e. The lowest BCUT2D eigenvalue weighted by atomic mass is 10.0. The van der Waals surface area contributed by atoms with Gasteiger partial charge in [0.15, 0.2) is 5.78 Å². The van der Waals surface area contributed by atoms with Gasteiger partial charge in [-0.15, -0.1) is 12.4 Å². The molecule has 0 aliphatic heterocycles. The van der Waals surface area contributed by atoms with Gasteiger partial charge in [-0.2, -0.15) is 0 Å². The van der Waals surface area contributed by atoms with Crippen LogP contribution in [0.25, 0.3) is 11.1 Å². The largest absolute Gasteiger partial charge is 0.398 e. The maximum Gasteiger partial charge on any atom is 0.159 e. The Balaban J connectivity index is 0.00000144. The number of anilines is 1. The molecule has 2 rings (SSSR count). The minimum Gasteiger partial charge on any atom is -0.398 e. The lowest BCUT2D eigenvalue weighted by molar-refractivity contribution is 0.101. The third-order valence-electron chi connectivity index (χ3n) is 2.54. The molecule has 0 aliphatic rings. The number of hydrogen-bond acceptors (Lipinski definition) is 2. The molecule has 0 bridgehead atoms. The van der Waals surface area contributed by atoms with Crippen LogP contribution >= 0.6 is 12.4 Å². The van der Waals surface area contributed by atoms with Gasteiger partial charge in [-0.3, -0.25) is 4.79 Å². The van der Waals surface area contributed by atoms with Crippen LogP contribution in [0.4, 0.5) is 5.69 Å². The number of halogens is 1. The maximum atomic E-state index is 11.3. The average Bonchev–Trinajstić information content (AvgIpc) is 2.30. The van der Waals surface area contributed by atoms with Crippen LogP contribution in [0.2, 0.25) is 0 Å². The summed E-state index contributed by atoms with van der Waals surface area (Å²) in [5.41, 5.74) is 9.27. The van der Waals surface area contributed by atoms with Gasteiger partial charge in [-0.05, 0) is 24.6 Å². The summed E-state index contributed by atoms with van der Waals surface area (Å²) in [6.45, 7) is 1.56. The third kappa shape index (κ3) is 2.86. The van der Waals surface area contributed by atoms with Crippen molar-refractivity contribution in [3.05, 3.63) is 54.1 Å². The SMILES string of the molecule is CC(=O)c1cccc(-c2ccccc2N)c1.Cl. The van der Waals surface area contributed by atoms with Crippen molar-refractivity contribution in [2.75, 3.05) is 5.73 Å². The van der Waals surface area contributed by atoms with Crippen molar-refractivity contribution in [2.24, 2.45) is 0 Å². The molecule has 0 unspecified atom stereocenters. The number of Topliss-reactive ketones (excluding diaryl/α,β-unsaturated/α-hetero) is 1. The summed E-state index contributed by atoms with van der Waals surface area (Å²) in [4.78, 5) is 11.3. The van der Waals surface area contributed by atoms with E-state index in [1.54, 1.807) is 6.92 Å². The molecule has 0 atom stereocenters. The molecule has 2 nitrogen and oxygen atoms in total. The Morgan fingerprint density at radius 2 is 1.76 bits per heavy atom. The normalized spacial score (nSPS) is 9.47. The van der Waals surface area contributed by atoms with E-state index in [4.69, 9.17) is 5.73 Å². The average molecular weight is 248 g/mol. The van der Waals surface area contributed by atoms with Crippen molar-refractivity contribution >= 4 is 23.9 Å². The Bertz CT molecular complexity index is 537. The van der Waals surface area contributed by atoms with Crippen LogP contribution in [0.5, 0.6) is 0 Å². The summed E-state index contributed by atoms with van der Waals surface area (Å²) in [6, 6.07) is 15.2. The highest BCUT2D eigenvalue weighted by atomic mass is 35.5. The lowest BCUT2D eigenvalue weighted by Gasteiger charge is -2.06. The first-order valence-corrected chi connectivity index (χ1v) is 5.14. The van der Waals surface area contributed by atoms with Gasteiger partial charge in [0.2, 0.25) is 0 Å². The number of rotatable bonds is 2. The lowest BCUT2D eigenvalue weighted by Crippen LogP contribution is -1.93. The third-order valence-corrected chi connectivity index (χ3v) is 2.54. The van der Waals surface area contributed by atoms with Crippen LogP contribution in [0.15, 0.2) is 48.5 Å². The first-order chi connectivity index (χ1) is 7.68. The number of para-hydroxylation sites is 1. The first kappa shape index (κ1) is 13.3. The molecule has 17 heavy (non-hydrogen) atoms. The molecule has 0 aromatic heterocycles. The molecule has 0 heterocycles. The molecule has 0 saturated heterocycles. The Labute approximate surface area is 107 Å². The monoisotopic (exact) mass is 247 g/mol. The van der Waals surface area contributed by atoms with Crippen molar-refractivity contribution in [3.8, 4) is 11.1 Å². The molecule has 0 saturated carbocycles. The van der Waals surface area contributed by atoms with Crippen molar-refractivity contribution < 1.29 is 4.79 Å². The zero-order valence-electron chi connectivity index (χ0n) is 9.51. The van der Waals surface area contributed by atoms with Gasteiger partial charge in [-0.1, -0.05) is 36.4 Å². The van der Waals surface area contributed by atoms with E-state index in [2.05, 4.69) is 0 Å². The number of nitrogens with two attached hydrogens (primary N) is 1. The molecular formula is C14H14ClNO. The highest BCUT2D eigenvalue weighted by molar-refractivity contribution is 5.95. The van der Waals surface area contributed by atoms with Crippen LogP contribution in [-0.2, 0) is 0 Å². The van der Waals surface area contributed by atoms with Crippen molar-refractivity contribution in [1.29, 1.82) is 0 Å². The van der Waals surface area contributed by atoms with Gasteiger partial charge < -0.3 is 5.73 Å². The van der Waals surface area contributed by atoms with E-state index in [0.29, 0.717) is 5.56 Å². The van der Waals surface area contributed by atoms with Gasteiger partial charge in [0, 0.05) is 16.8 Å². The Morgan fingerprint density at radius 3 is 2.41 bits per heavy atom. The van der Waals surface area contributed by atoms with E-state index in [-0.39, 0.29) is 18.2 Å². The number of nitrogen functional groups attached to an aromatic ring is 1. The molecule has 2 N–H and O–H groups in total. The summed E-state index contributed by atoms with van der Waals surface area (Å²) >= 11 is 0. The van der Waals surface area contributed by atoms with Crippen LogP contribution in [0, 0.1) is 0 Å². The van der Waals surface area contributed by atoms with Gasteiger partial charge in [-0.25, -0.2) is 0 Å². The molecule has 0 spiro atoms. The minimum atomic E-state index is 0. The fourth-order valence-corrected chi connectivity index (χ4v) is 1.67. The summed E-state index contributed by atoms with van der Waals surface area (Å²) < 4.78 is 0. The van der Waals surface area contributed by atoms with E-state index < -0.39 is 0 Å². The highest BCUT2D eigenvalue weighted by Gasteiger charge is 2.04. The number of benzene rings is 2. The first-order valence-electron chi connectivity index (χ1n) is 5.14. The predicted molar refractivity (Wildman–Crippen MR) is 73.5 cm³/mol. The van der Waals surface area contributed by atoms with Gasteiger partial charge >= 0.3 is 0 Å². The highest BCUT2D eigenvalue weighted by Crippen LogP contribution is 2.26. The molecule has 0 radical (unpaired) electrons. The van der Waals surface area contributed by atoms with E-state index >= 15 is 0 Å². The minimum absolute atomic E-state index is 0. The van der Waals surface area contributed by atoms with E-state index in [9.17, 15) is 4.79 Å². The topological polar surface area (TPSA) is 43.1 Å². The second kappa shape index (κ2) is 5.51. The fourth-order valence-electron chi connectivity index (χ4n) is 1.67. The molecule has 2 aromatic carbocycles. The zero-order chi connectivity index (χ0) is 11.5. The second-order valence-corrected chi connectivity index (χ2v) is 3.72. The van der Waals surface area contributed by atoms with Gasteiger partial charge in [0.05, 0.1) is 0 Å². The quantitative estimate of drug-likeness (QED) is 0.651. The Hall–Kier alpha value is -1.80. The second-order valence-electron chi connectivity index (χ2n) is 3.72. The van der Waals surface area contributed by atoms with Crippen molar-refractivity contribution in [3.63, 3.8) is 0 Å². The van der Waals surface area contributed by atoms with Crippen LogP contribution in [0.3, 0.4) is 0 Å². The summed E-state index contributed by atoms with van der Waals surface area (Å²) in [7, 11) is 0. The molecule has 0 aliphatic carbocycles. The van der Waals surface area contributed by atoms with E-state index in [1.807, 2.05) is 48.5 Å². The molecular weight excluding hydrogens is 234 g/mol. The Morgan fingerprint density at radius 1 is 1.06 bits per heavy atom. The zero-order valence-corrected chi connectivity index (χ0v) is 10.3. The number of carbonyl (C=O) groups excluding carboxylic acids is 1. The summed E-state index contributed by atoms with van der Waals surface area (Å²) in [6.07, 6.45) is 0. The standard InChI is InChI=1S/C14H13NO.ClH/c1-10(16)11-5-4-6-12(9-11)13-7-2-3-8-14(13)15;/h2-9H,15H2,1H3;1H. The number of carbonyl (C=O) groups is 1. The van der Waals surface area contributed by atoms with E-state index in [0.717, 1.165) is 16.8 Å². The van der Waals surface area contributed by atoms with Gasteiger partial charge in [0.1, 0.15) is 0 Å². The summed E-state index contributed by atoms with van der Waals surface area (Å²) in [5.74, 6) is 0.0661. The van der Waals surface area contributed by atoms with Gasteiger partial charge in [0.25, 0.3) is 0 Å². The molecule has 0 amide bonds.